The van der Waals surface area contributed by atoms with Crippen LogP contribution in [0.25, 0.3) is 10.9 Å². The molecule has 22 heavy (non-hydrogen) atoms. The van der Waals surface area contributed by atoms with Crippen molar-refractivity contribution in [1.82, 2.24) is 10.3 Å². The van der Waals surface area contributed by atoms with Crippen molar-refractivity contribution in [2.75, 3.05) is 0 Å². The number of hydrogen-bond acceptors (Lipinski definition) is 3. The minimum Gasteiger partial charge on any atom is -0.481 e. The molecule has 2 N–H and O–H groups in total. The zero-order chi connectivity index (χ0) is 15.7. The molecular formula is C17H18N2O3. The fraction of sp³-hybridized carbons (Fsp3) is 0.353. The largest absolute Gasteiger partial charge is 0.481 e. The van der Waals surface area contributed by atoms with E-state index in [-0.39, 0.29) is 17.9 Å². The van der Waals surface area contributed by atoms with Gasteiger partial charge >= 0.3 is 5.97 Å². The topological polar surface area (TPSA) is 79.3 Å². The number of aliphatic carboxylic acids is 1. The number of carboxylic acid groups (broad SMARTS) is 1. The van der Waals surface area contributed by atoms with Crippen LogP contribution < -0.4 is 5.32 Å². The molecule has 1 aliphatic rings. The summed E-state index contributed by atoms with van der Waals surface area (Å²) in [7, 11) is 0. The maximum Gasteiger partial charge on any atom is 0.306 e. The molecule has 0 spiro atoms. The fourth-order valence-corrected chi connectivity index (χ4v) is 3.10. The zero-order valence-electron chi connectivity index (χ0n) is 12.4. The van der Waals surface area contributed by atoms with Crippen molar-refractivity contribution < 1.29 is 14.7 Å². The lowest BCUT2D eigenvalue weighted by molar-refractivity contribution is -0.141. The van der Waals surface area contributed by atoms with E-state index in [1.165, 1.54) is 0 Å². The van der Waals surface area contributed by atoms with Gasteiger partial charge in [-0.2, -0.15) is 0 Å². The first-order valence-electron chi connectivity index (χ1n) is 7.44. The average Bonchev–Trinajstić information content (AvgIpc) is 2.95. The van der Waals surface area contributed by atoms with Gasteiger partial charge in [0.05, 0.1) is 17.0 Å². The van der Waals surface area contributed by atoms with Gasteiger partial charge in [-0.1, -0.05) is 18.2 Å². The second kappa shape index (κ2) is 5.75. The van der Waals surface area contributed by atoms with Crippen LogP contribution in [0.5, 0.6) is 0 Å². The molecule has 1 aromatic heterocycles. The molecule has 0 saturated heterocycles. The molecule has 1 heterocycles. The van der Waals surface area contributed by atoms with Crippen molar-refractivity contribution in [2.24, 2.45) is 5.92 Å². The Balaban J connectivity index is 1.83. The van der Waals surface area contributed by atoms with E-state index in [4.69, 9.17) is 5.11 Å². The summed E-state index contributed by atoms with van der Waals surface area (Å²) >= 11 is 0. The quantitative estimate of drug-likeness (QED) is 0.912. The van der Waals surface area contributed by atoms with Gasteiger partial charge in [0.15, 0.2) is 0 Å². The standard InChI is InChI=1S/C17H18N2O3/c1-10-8-14(13-4-2-3-5-15(13)18-10)16(20)19-12-7-6-11(9-12)17(21)22/h2-5,8,11-12H,6-7,9H2,1H3,(H,19,20)(H,21,22)/t11-,12+/m0/s1. The number of aromatic nitrogens is 1. The molecule has 2 aromatic rings. The summed E-state index contributed by atoms with van der Waals surface area (Å²) < 4.78 is 0. The van der Waals surface area contributed by atoms with Crippen LogP contribution in [-0.4, -0.2) is 28.0 Å². The molecule has 1 amide bonds. The fourth-order valence-electron chi connectivity index (χ4n) is 3.10. The molecule has 2 atom stereocenters. The molecule has 3 rings (SSSR count). The number of nitrogens with zero attached hydrogens (tertiary/aromatic N) is 1. The average molecular weight is 298 g/mol. The number of rotatable bonds is 3. The van der Waals surface area contributed by atoms with E-state index in [0.717, 1.165) is 16.6 Å². The summed E-state index contributed by atoms with van der Waals surface area (Å²) in [6, 6.07) is 9.25. The van der Waals surface area contributed by atoms with E-state index < -0.39 is 5.97 Å². The van der Waals surface area contributed by atoms with E-state index in [9.17, 15) is 9.59 Å². The number of para-hydroxylation sites is 1. The van der Waals surface area contributed by atoms with Gasteiger partial charge in [-0.05, 0) is 38.3 Å². The molecule has 1 fully saturated rings. The number of hydrogen-bond donors (Lipinski definition) is 2. The van der Waals surface area contributed by atoms with Gasteiger partial charge in [0.2, 0.25) is 0 Å². The SMILES string of the molecule is Cc1cc(C(=O)N[C@@H]2CC[C@H](C(=O)O)C2)c2ccccc2n1. The number of benzene rings is 1. The van der Waals surface area contributed by atoms with Crippen LogP contribution in [0, 0.1) is 12.8 Å². The summed E-state index contributed by atoms with van der Waals surface area (Å²) in [6.45, 7) is 1.86. The number of pyridine rings is 1. The van der Waals surface area contributed by atoms with Gasteiger partial charge in [-0.25, -0.2) is 0 Å². The van der Waals surface area contributed by atoms with Crippen molar-refractivity contribution in [1.29, 1.82) is 0 Å². The molecule has 0 unspecified atom stereocenters. The van der Waals surface area contributed by atoms with Crippen molar-refractivity contribution >= 4 is 22.8 Å². The molecule has 5 nitrogen and oxygen atoms in total. The highest BCUT2D eigenvalue weighted by Gasteiger charge is 2.30. The molecular weight excluding hydrogens is 280 g/mol. The predicted molar refractivity (Wildman–Crippen MR) is 82.7 cm³/mol. The number of fused-ring (bicyclic) bond motifs is 1. The molecule has 5 heteroatoms. The van der Waals surface area contributed by atoms with E-state index in [0.29, 0.717) is 24.8 Å². The van der Waals surface area contributed by atoms with Crippen LogP contribution in [0.1, 0.15) is 35.3 Å². The summed E-state index contributed by atoms with van der Waals surface area (Å²) in [6.07, 6.45) is 1.84. The highest BCUT2D eigenvalue weighted by Crippen LogP contribution is 2.26. The Kier molecular flexibility index (Phi) is 3.79. The Hall–Kier alpha value is -2.43. The van der Waals surface area contributed by atoms with Crippen molar-refractivity contribution in [2.45, 2.75) is 32.2 Å². The number of aryl methyl sites for hydroxylation is 1. The lowest BCUT2D eigenvalue weighted by Crippen LogP contribution is -2.33. The lowest BCUT2D eigenvalue weighted by Gasteiger charge is -2.14. The van der Waals surface area contributed by atoms with Crippen LogP contribution >= 0.6 is 0 Å². The van der Waals surface area contributed by atoms with Crippen LogP contribution in [-0.2, 0) is 4.79 Å². The predicted octanol–water partition coefficient (Wildman–Crippen LogP) is 2.53. The van der Waals surface area contributed by atoms with Gasteiger partial charge in [0.1, 0.15) is 0 Å². The third-order valence-electron chi connectivity index (χ3n) is 4.21. The van der Waals surface area contributed by atoms with Gasteiger partial charge in [0, 0.05) is 17.1 Å². The maximum atomic E-state index is 12.6. The second-order valence-electron chi connectivity index (χ2n) is 5.85. The third kappa shape index (κ3) is 2.79. The monoisotopic (exact) mass is 298 g/mol. The number of nitrogens with one attached hydrogen (secondary N) is 1. The number of carbonyl (C=O) groups excluding carboxylic acids is 1. The number of carbonyl (C=O) groups is 2. The van der Waals surface area contributed by atoms with Gasteiger partial charge in [0.25, 0.3) is 5.91 Å². The maximum absolute atomic E-state index is 12.6. The summed E-state index contributed by atoms with van der Waals surface area (Å²) in [4.78, 5) is 28.0. The van der Waals surface area contributed by atoms with E-state index >= 15 is 0 Å². The van der Waals surface area contributed by atoms with Gasteiger partial charge < -0.3 is 10.4 Å². The Morgan fingerprint density at radius 2 is 2.05 bits per heavy atom. The van der Waals surface area contributed by atoms with Crippen LogP contribution in [0.4, 0.5) is 0 Å². The summed E-state index contributed by atoms with van der Waals surface area (Å²) in [5, 5.41) is 12.8. The van der Waals surface area contributed by atoms with Crippen molar-refractivity contribution in [3.8, 4) is 0 Å². The van der Waals surface area contributed by atoms with E-state index in [2.05, 4.69) is 10.3 Å². The highest BCUT2D eigenvalue weighted by atomic mass is 16.4. The first-order valence-corrected chi connectivity index (χ1v) is 7.44. The third-order valence-corrected chi connectivity index (χ3v) is 4.21. The minimum absolute atomic E-state index is 0.0687. The number of carboxylic acids is 1. The van der Waals surface area contributed by atoms with Crippen molar-refractivity contribution in [3.05, 3.63) is 41.6 Å². The first kappa shape index (κ1) is 14.5. The van der Waals surface area contributed by atoms with Gasteiger partial charge in [-0.15, -0.1) is 0 Å². The van der Waals surface area contributed by atoms with Gasteiger partial charge in [-0.3, -0.25) is 14.6 Å². The Morgan fingerprint density at radius 1 is 1.27 bits per heavy atom. The Labute approximate surface area is 128 Å². The van der Waals surface area contributed by atoms with Crippen LogP contribution in [0.15, 0.2) is 30.3 Å². The molecule has 1 aliphatic carbocycles. The molecule has 1 saturated carbocycles. The molecule has 114 valence electrons. The Bertz CT molecular complexity index is 742. The van der Waals surface area contributed by atoms with Crippen molar-refractivity contribution in [3.63, 3.8) is 0 Å². The van der Waals surface area contributed by atoms with Crippen LogP contribution in [0.2, 0.25) is 0 Å². The van der Waals surface area contributed by atoms with E-state index in [1.54, 1.807) is 6.07 Å². The highest BCUT2D eigenvalue weighted by molar-refractivity contribution is 6.06. The minimum atomic E-state index is -0.776. The second-order valence-corrected chi connectivity index (χ2v) is 5.85. The molecule has 0 radical (unpaired) electrons. The number of amides is 1. The summed E-state index contributed by atoms with van der Waals surface area (Å²) in [5.41, 5.74) is 2.18. The molecule has 0 bridgehead atoms. The Morgan fingerprint density at radius 3 is 2.77 bits per heavy atom. The lowest BCUT2D eigenvalue weighted by atomic mass is 10.1. The summed E-state index contributed by atoms with van der Waals surface area (Å²) in [5.74, 6) is -1.28. The normalized spacial score (nSPS) is 21.0. The molecule has 0 aliphatic heterocycles. The molecule has 1 aromatic carbocycles. The zero-order valence-corrected chi connectivity index (χ0v) is 12.4. The first-order chi connectivity index (χ1) is 10.5. The van der Waals surface area contributed by atoms with E-state index in [1.807, 2.05) is 31.2 Å². The smallest absolute Gasteiger partial charge is 0.306 e. The van der Waals surface area contributed by atoms with Crippen LogP contribution in [0.3, 0.4) is 0 Å².